The molecule has 1 saturated heterocycles. The summed E-state index contributed by atoms with van der Waals surface area (Å²) in [5.74, 6) is 0.0185. The number of hydrogen-bond donors (Lipinski definition) is 2. The van der Waals surface area contributed by atoms with Gasteiger partial charge >= 0.3 is 0 Å². The Bertz CT molecular complexity index is 1340. The Balaban J connectivity index is 1.49. The van der Waals surface area contributed by atoms with Gasteiger partial charge in [0.25, 0.3) is 12.3 Å². The Labute approximate surface area is 211 Å². The van der Waals surface area contributed by atoms with Crippen LogP contribution in [-0.4, -0.2) is 57.2 Å². The number of hydrogen-bond acceptors (Lipinski definition) is 5. The molecule has 1 unspecified atom stereocenters. The van der Waals surface area contributed by atoms with E-state index in [0.29, 0.717) is 47.2 Å². The van der Waals surface area contributed by atoms with Crippen molar-refractivity contribution in [3.05, 3.63) is 41.3 Å². The van der Waals surface area contributed by atoms with E-state index < -0.39 is 24.7 Å². The molecular weight excluding hydrogens is 487 g/mol. The zero-order valence-corrected chi connectivity index (χ0v) is 20.6. The first kappa shape index (κ1) is 25.0. The Kier molecular flexibility index (Phi) is 6.78. The molecule has 2 amide bonds. The van der Waals surface area contributed by atoms with Crippen molar-refractivity contribution in [3.8, 4) is 17.0 Å². The van der Waals surface area contributed by atoms with Crippen molar-refractivity contribution >= 4 is 22.8 Å². The molecule has 0 bridgehead atoms. The second-order valence-electron chi connectivity index (χ2n) is 9.56. The van der Waals surface area contributed by atoms with E-state index in [2.05, 4.69) is 20.3 Å². The van der Waals surface area contributed by atoms with Crippen LogP contribution in [0.1, 0.15) is 60.6 Å². The van der Waals surface area contributed by atoms with Crippen molar-refractivity contribution in [2.45, 2.75) is 58.3 Å². The largest absolute Gasteiger partial charge is 0.493 e. The van der Waals surface area contributed by atoms with Crippen LogP contribution < -0.4 is 10.1 Å². The SMILES string of the molecule is CCC(=O)N1CC[C@H](NC(=O)c2c(C)[nH]c3c(-c4cc(C(F)F)ccc4OCC4CC4)ncnc23)C1F. The van der Waals surface area contributed by atoms with Crippen LogP contribution >= 0.6 is 0 Å². The molecule has 0 radical (unpaired) electrons. The summed E-state index contributed by atoms with van der Waals surface area (Å²) in [7, 11) is 0. The number of nitrogens with zero attached hydrogens (tertiary/aromatic N) is 3. The van der Waals surface area contributed by atoms with Crippen LogP contribution in [0.2, 0.25) is 0 Å². The maximum absolute atomic E-state index is 14.9. The topological polar surface area (TPSA) is 100 Å². The van der Waals surface area contributed by atoms with Crippen molar-refractivity contribution in [2.75, 3.05) is 13.2 Å². The van der Waals surface area contributed by atoms with Gasteiger partial charge in [-0.1, -0.05) is 6.92 Å². The lowest BCUT2D eigenvalue weighted by Crippen LogP contribution is -2.44. The maximum Gasteiger partial charge on any atom is 0.263 e. The number of halogens is 3. The minimum Gasteiger partial charge on any atom is -0.493 e. The number of H-pyrrole nitrogens is 1. The Morgan fingerprint density at radius 1 is 1.24 bits per heavy atom. The normalized spacial score (nSPS) is 19.6. The van der Waals surface area contributed by atoms with Gasteiger partial charge in [-0.15, -0.1) is 0 Å². The van der Waals surface area contributed by atoms with Crippen molar-refractivity contribution in [2.24, 2.45) is 5.92 Å². The monoisotopic (exact) mass is 515 g/mol. The van der Waals surface area contributed by atoms with Gasteiger partial charge in [0, 0.05) is 29.8 Å². The van der Waals surface area contributed by atoms with Crippen molar-refractivity contribution < 1.29 is 27.5 Å². The number of amides is 2. The zero-order valence-electron chi connectivity index (χ0n) is 20.6. The molecule has 3 aromatic rings. The van der Waals surface area contributed by atoms with Crippen LogP contribution in [0.15, 0.2) is 24.5 Å². The maximum atomic E-state index is 14.9. The molecule has 1 aliphatic carbocycles. The molecule has 2 N–H and O–H groups in total. The third-order valence-corrected chi connectivity index (χ3v) is 6.93. The number of aromatic amines is 1. The molecular formula is C26H28F3N5O3. The number of carbonyl (C=O) groups excluding carboxylic acids is 2. The van der Waals surface area contributed by atoms with Crippen LogP contribution in [-0.2, 0) is 4.79 Å². The lowest BCUT2D eigenvalue weighted by atomic mass is 10.0. The third kappa shape index (κ3) is 4.86. The number of ether oxygens (including phenoxy) is 1. The quantitative estimate of drug-likeness (QED) is 0.424. The van der Waals surface area contributed by atoms with Crippen LogP contribution in [0.5, 0.6) is 5.75 Å². The van der Waals surface area contributed by atoms with E-state index in [1.54, 1.807) is 13.8 Å². The number of carbonyl (C=O) groups is 2. The fraction of sp³-hybridized carbons (Fsp3) is 0.462. The summed E-state index contributed by atoms with van der Waals surface area (Å²) in [5.41, 5.74) is 1.86. The molecule has 2 atom stereocenters. The molecule has 1 saturated carbocycles. The highest BCUT2D eigenvalue weighted by atomic mass is 19.3. The molecule has 8 nitrogen and oxygen atoms in total. The van der Waals surface area contributed by atoms with Crippen molar-refractivity contribution in [3.63, 3.8) is 0 Å². The van der Waals surface area contributed by atoms with E-state index in [0.717, 1.165) is 17.7 Å². The fourth-order valence-electron chi connectivity index (χ4n) is 4.69. The average Bonchev–Trinajstić information content (AvgIpc) is 3.56. The highest BCUT2D eigenvalue weighted by molar-refractivity contribution is 6.09. The Morgan fingerprint density at radius 2 is 2.03 bits per heavy atom. The molecule has 0 spiro atoms. The number of alkyl halides is 3. The Hall–Kier alpha value is -3.63. The molecule has 5 rings (SSSR count). The minimum atomic E-state index is -2.68. The standard InChI is InChI=1S/C26H28F3N5O3/c1-3-19(35)34-9-8-17(25(34)29)33-26(36)20-13(2)32-23-21(30-12-31-22(20)23)16-10-15(24(27)28)6-7-18(16)37-11-14-4-5-14/h6-7,10,12,14,17,24-25,32H,3-5,8-9,11H2,1-2H3,(H,33,36)/t17-,25?/m0/s1. The highest BCUT2D eigenvalue weighted by Gasteiger charge is 2.38. The van der Waals surface area contributed by atoms with E-state index >= 15 is 0 Å². The number of benzene rings is 1. The van der Waals surface area contributed by atoms with Gasteiger partial charge < -0.3 is 19.9 Å². The first-order valence-corrected chi connectivity index (χ1v) is 12.4. The van der Waals surface area contributed by atoms with Gasteiger partial charge in [0.15, 0.2) is 6.30 Å². The van der Waals surface area contributed by atoms with Gasteiger partial charge in [0.2, 0.25) is 5.91 Å². The summed E-state index contributed by atoms with van der Waals surface area (Å²) in [6, 6.07) is 3.34. The summed E-state index contributed by atoms with van der Waals surface area (Å²) in [6.07, 6.45) is -0.418. The van der Waals surface area contributed by atoms with Crippen molar-refractivity contribution in [1.82, 2.24) is 25.2 Å². The zero-order chi connectivity index (χ0) is 26.3. The first-order valence-electron chi connectivity index (χ1n) is 12.4. The van der Waals surface area contributed by atoms with E-state index in [4.69, 9.17) is 4.74 Å². The second-order valence-corrected chi connectivity index (χ2v) is 9.56. The van der Waals surface area contributed by atoms with Gasteiger partial charge in [0.1, 0.15) is 23.3 Å². The predicted molar refractivity (Wildman–Crippen MR) is 130 cm³/mol. The predicted octanol–water partition coefficient (Wildman–Crippen LogP) is 4.70. The van der Waals surface area contributed by atoms with Crippen molar-refractivity contribution in [1.29, 1.82) is 0 Å². The molecule has 11 heteroatoms. The van der Waals surface area contributed by atoms with Gasteiger partial charge in [0.05, 0.1) is 23.7 Å². The van der Waals surface area contributed by atoms with E-state index in [-0.39, 0.29) is 35.5 Å². The van der Waals surface area contributed by atoms with Gasteiger partial charge in [-0.25, -0.2) is 23.1 Å². The van der Waals surface area contributed by atoms with Crippen LogP contribution in [0, 0.1) is 12.8 Å². The van der Waals surface area contributed by atoms with Crippen LogP contribution in [0.25, 0.3) is 22.3 Å². The summed E-state index contributed by atoms with van der Waals surface area (Å²) < 4.78 is 47.9. The number of aromatic nitrogens is 3. The number of rotatable bonds is 8. The molecule has 1 aromatic carbocycles. The minimum absolute atomic E-state index is 0.178. The molecule has 2 fully saturated rings. The second kappa shape index (κ2) is 10.0. The fourth-order valence-corrected chi connectivity index (χ4v) is 4.69. The number of nitrogens with one attached hydrogen (secondary N) is 2. The molecule has 3 heterocycles. The average molecular weight is 516 g/mol. The third-order valence-electron chi connectivity index (χ3n) is 6.93. The van der Waals surface area contributed by atoms with Crippen LogP contribution in [0.4, 0.5) is 13.2 Å². The number of likely N-dealkylation sites (tertiary alicyclic amines) is 1. The number of aryl methyl sites for hydroxylation is 1. The smallest absolute Gasteiger partial charge is 0.263 e. The van der Waals surface area contributed by atoms with Crippen LogP contribution in [0.3, 0.4) is 0 Å². The Morgan fingerprint density at radius 3 is 2.73 bits per heavy atom. The summed E-state index contributed by atoms with van der Waals surface area (Å²) in [4.78, 5) is 38.1. The molecule has 1 aliphatic heterocycles. The molecule has 2 aromatic heterocycles. The molecule has 196 valence electrons. The van der Waals surface area contributed by atoms with E-state index in [1.807, 2.05) is 0 Å². The molecule has 37 heavy (non-hydrogen) atoms. The summed E-state index contributed by atoms with van der Waals surface area (Å²) >= 11 is 0. The molecule has 2 aliphatic rings. The number of fused-ring (bicyclic) bond motifs is 1. The summed E-state index contributed by atoms with van der Waals surface area (Å²) in [5, 5.41) is 2.70. The summed E-state index contributed by atoms with van der Waals surface area (Å²) in [6.45, 7) is 4.04. The first-order chi connectivity index (χ1) is 17.8. The van der Waals surface area contributed by atoms with Gasteiger partial charge in [-0.2, -0.15) is 0 Å². The van der Waals surface area contributed by atoms with Gasteiger partial charge in [-0.3, -0.25) is 9.59 Å². The lowest BCUT2D eigenvalue weighted by molar-refractivity contribution is -0.134. The lowest BCUT2D eigenvalue weighted by Gasteiger charge is -2.21. The van der Waals surface area contributed by atoms with Gasteiger partial charge in [-0.05, 0) is 50.3 Å². The highest BCUT2D eigenvalue weighted by Crippen LogP contribution is 2.38. The van der Waals surface area contributed by atoms with E-state index in [1.165, 1.54) is 24.5 Å². The van der Waals surface area contributed by atoms with E-state index in [9.17, 15) is 22.8 Å².